The molecule has 2 unspecified atom stereocenters. The third-order valence-electron chi connectivity index (χ3n) is 3.57. The molecule has 90 valence electrons. The van der Waals surface area contributed by atoms with E-state index < -0.39 is 12.0 Å². The maximum atomic E-state index is 11.7. The van der Waals surface area contributed by atoms with Crippen LogP contribution in [0.15, 0.2) is 0 Å². The van der Waals surface area contributed by atoms with Gasteiger partial charge in [-0.3, -0.25) is 14.5 Å². The first-order chi connectivity index (χ1) is 7.59. The third kappa shape index (κ3) is 2.35. The summed E-state index contributed by atoms with van der Waals surface area (Å²) in [6.07, 6.45) is 2.32. The quantitative estimate of drug-likeness (QED) is 0.711. The molecule has 1 aliphatic heterocycles. The fourth-order valence-corrected chi connectivity index (χ4v) is 2.44. The van der Waals surface area contributed by atoms with Gasteiger partial charge in [0.2, 0.25) is 5.91 Å². The van der Waals surface area contributed by atoms with Crippen LogP contribution in [0.25, 0.3) is 0 Å². The Hall–Kier alpha value is -1.10. The Bertz CT molecular complexity index is 302. The molecule has 2 aliphatic rings. The first kappa shape index (κ1) is 11.4. The number of nitrogens with zero attached hydrogens (tertiary/aromatic N) is 1. The summed E-state index contributed by atoms with van der Waals surface area (Å²) in [7, 11) is 0. The van der Waals surface area contributed by atoms with Gasteiger partial charge >= 0.3 is 5.97 Å². The molecule has 5 heteroatoms. The number of carboxylic acid groups (broad SMARTS) is 1. The van der Waals surface area contributed by atoms with E-state index in [9.17, 15) is 9.59 Å². The van der Waals surface area contributed by atoms with Crippen molar-refractivity contribution >= 4 is 11.9 Å². The largest absolute Gasteiger partial charge is 0.481 e. The molecular weight excluding hydrogens is 208 g/mol. The number of carbonyl (C=O) groups is 2. The average Bonchev–Trinajstić information content (AvgIpc) is 3.03. The lowest BCUT2D eigenvalue weighted by Gasteiger charge is -2.38. The van der Waals surface area contributed by atoms with E-state index in [-0.39, 0.29) is 12.3 Å². The fourth-order valence-electron chi connectivity index (χ4n) is 2.44. The molecule has 1 aliphatic carbocycles. The van der Waals surface area contributed by atoms with E-state index >= 15 is 0 Å². The summed E-state index contributed by atoms with van der Waals surface area (Å²) in [5.74, 6) is -0.390. The molecule has 0 bridgehead atoms. The van der Waals surface area contributed by atoms with Gasteiger partial charge in [-0.2, -0.15) is 0 Å². The van der Waals surface area contributed by atoms with E-state index in [0.717, 1.165) is 6.54 Å². The molecule has 0 aromatic carbocycles. The molecule has 1 amide bonds. The number of rotatable bonds is 4. The van der Waals surface area contributed by atoms with Crippen molar-refractivity contribution in [2.24, 2.45) is 5.92 Å². The lowest BCUT2D eigenvalue weighted by Crippen LogP contribution is -2.58. The van der Waals surface area contributed by atoms with Gasteiger partial charge in [0.15, 0.2) is 0 Å². The summed E-state index contributed by atoms with van der Waals surface area (Å²) in [4.78, 5) is 24.5. The van der Waals surface area contributed by atoms with E-state index in [1.165, 1.54) is 12.8 Å². The second-order valence-electron chi connectivity index (χ2n) is 4.72. The highest BCUT2D eigenvalue weighted by atomic mass is 16.4. The third-order valence-corrected chi connectivity index (χ3v) is 3.57. The predicted molar refractivity (Wildman–Crippen MR) is 57.9 cm³/mol. The Labute approximate surface area is 94.8 Å². The van der Waals surface area contributed by atoms with Crippen molar-refractivity contribution in [1.29, 1.82) is 0 Å². The van der Waals surface area contributed by atoms with Crippen LogP contribution in [0.1, 0.15) is 26.2 Å². The number of amides is 1. The van der Waals surface area contributed by atoms with E-state index in [1.54, 1.807) is 0 Å². The van der Waals surface area contributed by atoms with E-state index in [1.807, 2.05) is 0 Å². The van der Waals surface area contributed by atoms with Crippen LogP contribution >= 0.6 is 0 Å². The zero-order valence-electron chi connectivity index (χ0n) is 9.48. The molecule has 1 saturated heterocycles. The minimum atomic E-state index is -0.907. The Morgan fingerprint density at radius 3 is 2.88 bits per heavy atom. The zero-order chi connectivity index (χ0) is 11.7. The van der Waals surface area contributed by atoms with Crippen LogP contribution in [0, 0.1) is 5.92 Å². The molecule has 2 fully saturated rings. The monoisotopic (exact) mass is 226 g/mol. The second-order valence-corrected chi connectivity index (χ2v) is 4.72. The Morgan fingerprint density at radius 1 is 1.62 bits per heavy atom. The molecular formula is C11H18N2O3. The Morgan fingerprint density at radius 2 is 2.31 bits per heavy atom. The van der Waals surface area contributed by atoms with Crippen LogP contribution in [-0.4, -0.2) is 47.1 Å². The highest BCUT2D eigenvalue weighted by Crippen LogP contribution is 2.36. The lowest BCUT2D eigenvalue weighted by atomic mass is 10.0. The van der Waals surface area contributed by atoms with Crippen molar-refractivity contribution < 1.29 is 14.7 Å². The molecule has 1 saturated carbocycles. The smallest absolute Gasteiger partial charge is 0.305 e. The average molecular weight is 226 g/mol. The predicted octanol–water partition coefficient (Wildman–Crippen LogP) is 0.0600. The van der Waals surface area contributed by atoms with Crippen molar-refractivity contribution in [2.75, 3.05) is 13.1 Å². The second kappa shape index (κ2) is 4.41. The van der Waals surface area contributed by atoms with Gasteiger partial charge in [0.05, 0.1) is 12.5 Å². The van der Waals surface area contributed by atoms with E-state index in [0.29, 0.717) is 18.5 Å². The van der Waals surface area contributed by atoms with Crippen LogP contribution in [0.3, 0.4) is 0 Å². The maximum absolute atomic E-state index is 11.7. The summed E-state index contributed by atoms with van der Waals surface area (Å²) in [5.41, 5.74) is 0. The van der Waals surface area contributed by atoms with Gasteiger partial charge in [0, 0.05) is 19.1 Å². The van der Waals surface area contributed by atoms with Crippen molar-refractivity contribution in [3.63, 3.8) is 0 Å². The standard InChI is InChI=1S/C11H18N2O3/c1-7(8-2-3-8)13-5-4-12-11(16)9(13)6-10(14)15/h7-9H,2-6H2,1H3,(H,12,16)(H,14,15). The van der Waals surface area contributed by atoms with Gasteiger partial charge in [0.25, 0.3) is 0 Å². The first-order valence-corrected chi connectivity index (χ1v) is 5.85. The normalized spacial score (nSPS) is 28.6. The van der Waals surface area contributed by atoms with Gasteiger partial charge in [-0.25, -0.2) is 0 Å². The molecule has 2 rings (SSSR count). The van der Waals surface area contributed by atoms with Crippen molar-refractivity contribution in [2.45, 2.75) is 38.3 Å². The molecule has 0 radical (unpaired) electrons. The van der Waals surface area contributed by atoms with Crippen molar-refractivity contribution in [1.82, 2.24) is 10.2 Å². The highest BCUT2D eigenvalue weighted by Gasteiger charge is 2.39. The molecule has 2 atom stereocenters. The van der Waals surface area contributed by atoms with Crippen molar-refractivity contribution in [3.05, 3.63) is 0 Å². The Kier molecular flexibility index (Phi) is 3.14. The SMILES string of the molecule is CC(C1CC1)N1CCNC(=O)C1CC(=O)O. The summed E-state index contributed by atoms with van der Waals surface area (Å²) in [5, 5.41) is 11.6. The van der Waals surface area contributed by atoms with Gasteiger partial charge in [-0.1, -0.05) is 0 Å². The maximum Gasteiger partial charge on any atom is 0.305 e. The van der Waals surface area contributed by atoms with Crippen LogP contribution in [-0.2, 0) is 9.59 Å². The summed E-state index contributed by atoms with van der Waals surface area (Å²) >= 11 is 0. The molecule has 0 spiro atoms. The molecule has 0 aromatic rings. The topological polar surface area (TPSA) is 69.6 Å². The summed E-state index contributed by atoms with van der Waals surface area (Å²) < 4.78 is 0. The number of hydrogen-bond acceptors (Lipinski definition) is 3. The van der Waals surface area contributed by atoms with E-state index in [2.05, 4.69) is 17.1 Å². The number of aliphatic carboxylic acids is 1. The van der Waals surface area contributed by atoms with Gasteiger partial charge in [-0.15, -0.1) is 0 Å². The molecule has 16 heavy (non-hydrogen) atoms. The fraction of sp³-hybridized carbons (Fsp3) is 0.818. The molecule has 2 N–H and O–H groups in total. The number of carboxylic acids is 1. The molecule has 1 heterocycles. The number of piperazine rings is 1. The van der Waals surface area contributed by atoms with Gasteiger partial charge in [-0.05, 0) is 25.7 Å². The minimum absolute atomic E-state index is 0.0944. The zero-order valence-corrected chi connectivity index (χ0v) is 9.48. The van der Waals surface area contributed by atoms with Crippen molar-refractivity contribution in [3.8, 4) is 0 Å². The number of carbonyl (C=O) groups excluding carboxylic acids is 1. The first-order valence-electron chi connectivity index (χ1n) is 5.85. The number of nitrogens with one attached hydrogen (secondary N) is 1. The van der Waals surface area contributed by atoms with Crippen LogP contribution in [0.4, 0.5) is 0 Å². The summed E-state index contributed by atoms with van der Waals surface area (Å²) in [6, 6.07) is -0.155. The molecule has 0 aromatic heterocycles. The molecule has 5 nitrogen and oxygen atoms in total. The van der Waals surface area contributed by atoms with E-state index in [4.69, 9.17) is 5.11 Å². The highest BCUT2D eigenvalue weighted by molar-refractivity contribution is 5.86. The Balaban J connectivity index is 2.05. The minimum Gasteiger partial charge on any atom is -0.481 e. The summed E-state index contributed by atoms with van der Waals surface area (Å²) in [6.45, 7) is 3.50. The number of hydrogen-bond donors (Lipinski definition) is 2. The van der Waals surface area contributed by atoms with Crippen LogP contribution < -0.4 is 5.32 Å². The van der Waals surface area contributed by atoms with Crippen LogP contribution in [0.2, 0.25) is 0 Å². The van der Waals surface area contributed by atoms with Crippen LogP contribution in [0.5, 0.6) is 0 Å². The lowest BCUT2D eigenvalue weighted by molar-refractivity contribution is -0.144. The van der Waals surface area contributed by atoms with Gasteiger partial charge in [0.1, 0.15) is 0 Å². The van der Waals surface area contributed by atoms with Gasteiger partial charge < -0.3 is 10.4 Å².